The fourth-order valence-electron chi connectivity index (χ4n) is 13.7. The maximum Gasteiger partial charge on any atom is 0.220 e. The van der Waals surface area contributed by atoms with Gasteiger partial charge in [-0.15, -0.1) is 0 Å². The second-order valence-electron chi connectivity index (χ2n) is 29.9. The Labute approximate surface area is 652 Å². The standard InChI is InChI=1S/C89H153NO18/c1-3-5-7-9-11-13-15-17-19-21-23-25-27-29-31-32-33-34-35-36-37-38-39-40-41-43-45-47-49-51-53-55-57-59-61-63-65-67-77(95)90-72(73(94)66-64-62-60-58-56-54-52-50-48-46-44-42-30-28-26-24-22-20-18-16-14-12-10-8-6-4-2)71-103-87-83(101)80(98)85(75(69-92)105-87)108-89-84(102)81(99)86(76(70-93)106-89)107-88-82(100)79(97)78(96)74(68-91)104-88/h5,7,11,13,17,19,23,25,29,31,33-34,36-37,39-40,43,45,64,66,72-76,78-89,91-94,96-102H,3-4,6,8-10,12,14-16,18,20-22,24,26-28,30,32,35,38,41-42,44,46-63,65,67-71H2,1-2H3,(H,90,95)/b7-5-,13-11-,19-17-,25-23-,31-29-,34-33-,37-36-,40-39-,45-43-,66-64+. The smallest absolute Gasteiger partial charge is 0.220 e. The maximum absolute atomic E-state index is 13.5. The van der Waals surface area contributed by atoms with Gasteiger partial charge in [0.2, 0.25) is 5.91 Å². The number of amides is 1. The van der Waals surface area contributed by atoms with Crippen LogP contribution in [0.1, 0.15) is 303 Å². The Balaban J connectivity index is 1.36. The molecule has 19 nitrogen and oxygen atoms in total. The first-order valence-electron chi connectivity index (χ1n) is 42.8. The van der Waals surface area contributed by atoms with Crippen LogP contribution in [0.5, 0.6) is 0 Å². The zero-order valence-corrected chi connectivity index (χ0v) is 66.8. The summed E-state index contributed by atoms with van der Waals surface area (Å²) < 4.78 is 34.5. The third-order valence-corrected chi connectivity index (χ3v) is 20.5. The number of aliphatic hydroxyl groups is 11. The van der Waals surface area contributed by atoms with E-state index in [1.54, 1.807) is 6.08 Å². The summed E-state index contributed by atoms with van der Waals surface area (Å²) in [5.41, 5.74) is 0. The van der Waals surface area contributed by atoms with E-state index < -0.39 is 124 Å². The van der Waals surface area contributed by atoms with E-state index in [1.165, 1.54) is 161 Å². The van der Waals surface area contributed by atoms with E-state index in [1.807, 2.05) is 6.08 Å². The molecule has 0 aliphatic carbocycles. The molecule has 19 heteroatoms. The Morgan fingerprint density at radius 2 is 0.639 bits per heavy atom. The number of nitrogens with one attached hydrogen (secondary N) is 1. The zero-order valence-electron chi connectivity index (χ0n) is 66.8. The van der Waals surface area contributed by atoms with Gasteiger partial charge in [0.25, 0.3) is 0 Å². The quantitative estimate of drug-likeness (QED) is 0.0199. The predicted molar refractivity (Wildman–Crippen MR) is 433 cm³/mol. The van der Waals surface area contributed by atoms with Crippen LogP contribution in [0.4, 0.5) is 0 Å². The van der Waals surface area contributed by atoms with E-state index in [0.717, 1.165) is 116 Å². The Kier molecular flexibility index (Phi) is 61.6. The van der Waals surface area contributed by atoms with Crippen molar-refractivity contribution in [1.82, 2.24) is 5.32 Å². The molecule has 0 aromatic carbocycles. The van der Waals surface area contributed by atoms with Gasteiger partial charge in [-0.3, -0.25) is 4.79 Å². The molecular weight excluding hydrogens is 1370 g/mol. The molecule has 3 saturated heterocycles. The van der Waals surface area contributed by atoms with Gasteiger partial charge >= 0.3 is 0 Å². The molecule has 108 heavy (non-hydrogen) atoms. The fraction of sp³-hybridized carbons (Fsp3) is 0.764. The maximum atomic E-state index is 13.5. The lowest BCUT2D eigenvalue weighted by molar-refractivity contribution is -0.379. The van der Waals surface area contributed by atoms with Crippen LogP contribution in [0.25, 0.3) is 0 Å². The first-order chi connectivity index (χ1) is 52.8. The summed E-state index contributed by atoms with van der Waals surface area (Å²) in [4.78, 5) is 13.5. The van der Waals surface area contributed by atoms with Crippen LogP contribution in [0.15, 0.2) is 122 Å². The number of carbonyl (C=O) groups is 1. The summed E-state index contributed by atoms with van der Waals surface area (Å²) in [7, 11) is 0. The number of unbranched alkanes of at least 4 members (excludes halogenated alkanes) is 33. The highest BCUT2D eigenvalue weighted by molar-refractivity contribution is 5.76. The second-order valence-corrected chi connectivity index (χ2v) is 29.9. The fourth-order valence-corrected chi connectivity index (χ4v) is 13.7. The van der Waals surface area contributed by atoms with Gasteiger partial charge < -0.3 is 89.9 Å². The third-order valence-electron chi connectivity index (χ3n) is 20.5. The number of aliphatic hydroxyl groups excluding tert-OH is 11. The molecule has 0 saturated carbocycles. The van der Waals surface area contributed by atoms with E-state index in [-0.39, 0.29) is 18.9 Å². The summed E-state index contributed by atoms with van der Waals surface area (Å²) in [6.07, 6.45) is 68.9. The number of allylic oxidation sites excluding steroid dienone is 19. The van der Waals surface area contributed by atoms with E-state index in [0.29, 0.717) is 6.42 Å². The molecule has 3 heterocycles. The Hall–Kier alpha value is -3.81. The van der Waals surface area contributed by atoms with Gasteiger partial charge in [0.15, 0.2) is 18.9 Å². The Morgan fingerprint density at radius 1 is 0.343 bits per heavy atom. The summed E-state index contributed by atoms with van der Waals surface area (Å²) >= 11 is 0. The lowest BCUT2D eigenvalue weighted by atomic mass is 9.96. The van der Waals surface area contributed by atoms with Crippen molar-refractivity contribution >= 4 is 5.91 Å². The molecule has 17 atom stereocenters. The molecule has 3 aliphatic rings. The third kappa shape index (κ3) is 46.4. The van der Waals surface area contributed by atoms with Crippen LogP contribution >= 0.6 is 0 Å². The van der Waals surface area contributed by atoms with Gasteiger partial charge in [0.05, 0.1) is 38.6 Å². The van der Waals surface area contributed by atoms with E-state index in [9.17, 15) is 61.0 Å². The van der Waals surface area contributed by atoms with Crippen LogP contribution in [0.3, 0.4) is 0 Å². The molecule has 0 bridgehead atoms. The predicted octanol–water partition coefficient (Wildman–Crippen LogP) is 15.5. The first kappa shape index (κ1) is 98.4. The monoisotopic (exact) mass is 1520 g/mol. The average Bonchev–Trinajstić information content (AvgIpc) is 0.779. The van der Waals surface area contributed by atoms with E-state index in [2.05, 4.69) is 129 Å². The number of carbonyl (C=O) groups excluding carboxylic acids is 1. The second kappa shape index (κ2) is 67.7. The highest BCUT2D eigenvalue weighted by Crippen LogP contribution is 2.33. The summed E-state index contributed by atoms with van der Waals surface area (Å²) in [6, 6.07) is -0.987. The summed E-state index contributed by atoms with van der Waals surface area (Å²) in [5, 5.41) is 121. The molecule has 0 spiro atoms. The number of rotatable bonds is 67. The van der Waals surface area contributed by atoms with E-state index >= 15 is 0 Å². The number of hydrogen-bond donors (Lipinski definition) is 12. The van der Waals surface area contributed by atoms with E-state index in [4.69, 9.17) is 28.4 Å². The lowest BCUT2D eigenvalue weighted by Crippen LogP contribution is -2.66. The van der Waals surface area contributed by atoms with Crippen LogP contribution in [-0.2, 0) is 33.2 Å². The largest absolute Gasteiger partial charge is 0.394 e. The molecule has 3 rings (SSSR count). The van der Waals surface area contributed by atoms with Crippen LogP contribution in [-0.4, -0.2) is 193 Å². The molecule has 0 aromatic heterocycles. The van der Waals surface area contributed by atoms with Gasteiger partial charge in [-0.25, -0.2) is 0 Å². The molecule has 0 radical (unpaired) electrons. The highest BCUT2D eigenvalue weighted by Gasteiger charge is 2.54. The van der Waals surface area contributed by atoms with Gasteiger partial charge in [-0.2, -0.15) is 0 Å². The van der Waals surface area contributed by atoms with Crippen molar-refractivity contribution in [3.8, 4) is 0 Å². The molecule has 3 aliphatic heterocycles. The van der Waals surface area contributed by atoms with Gasteiger partial charge in [-0.05, 0) is 89.9 Å². The normalized spacial score (nSPS) is 26.0. The molecule has 17 unspecified atom stereocenters. The average molecular weight is 1530 g/mol. The minimum Gasteiger partial charge on any atom is -0.394 e. The van der Waals surface area contributed by atoms with Crippen molar-refractivity contribution in [2.24, 2.45) is 0 Å². The van der Waals surface area contributed by atoms with Gasteiger partial charge in [-0.1, -0.05) is 328 Å². The molecule has 12 N–H and O–H groups in total. The number of ether oxygens (including phenoxy) is 6. The summed E-state index contributed by atoms with van der Waals surface area (Å²) in [6.45, 7) is 1.64. The molecule has 3 fully saturated rings. The van der Waals surface area contributed by atoms with Crippen molar-refractivity contribution < 1.29 is 89.4 Å². The minimum atomic E-state index is -1.99. The van der Waals surface area contributed by atoms with Crippen molar-refractivity contribution in [3.05, 3.63) is 122 Å². The molecular formula is C89H153NO18. The Bertz CT molecular complexity index is 2420. The van der Waals surface area contributed by atoms with Crippen molar-refractivity contribution in [2.75, 3.05) is 26.4 Å². The van der Waals surface area contributed by atoms with Gasteiger partial charge in [0.1, 0.15) is 73.2 Å². The number of hydrogen-bond acceptors (Lipinski definition) is 18. The lowest BCUT2D eigenvalue weighted by Gasteiger charge is -2.48. The van der Waals surface area contributed by atoms with Crippen molar-refractivity contribution in [3.63, 3.8) is 0 Å². The van der Waals surface area contributed by atoms with Crippen molar-refractivity contribution in [1.29, 1.82) is 0 Å². The minimum absolute atomic E-state index is 0.229. The van der Waals surface area contributed by atoms with Crippen LogP contribution in [0, 0.1) is 0 Å². The SMILES string of the molecule is CC/C=C\C/C=C\C/C=C\C/C=C\C/C=C\C/C=C\C/C=C\C/C=C\C/C=C\CCCCCCCCCCCC(=O)NC(COC1OC(CO)C(OC2OC(CO)C(OC3OC(CO)C(O)C(O)C3O)C(O)C2O)C(O)C1O)C(O)/C=C/CCCCCCCCCCCCCCCCCCCCCCCCCC. The summed E-state index contributed by atoms with van der Waals surface area (Å²) in [5.74, 6) is -0.284. The van der Waals surface area contributed by atoms with Gasteiger partial charge in [0, 0.05) is 6.42 Å². The van der Waals surface area contributed by atoms with Crippen LogP contribution in [0.2, 0.25) is 0 Å². The zero-order chi connectivity index (χ0) is 78.1. The first-order valence-corrected chi connectivity index (χ1v) is 42.8. The topological polar surface area (TPSA) is 307 Å². The highest BCUT2D eigenvalue weighted by atomic mass is 16.8. The Morgan fingerprint density at radius 3 is 1.00 bits per heavy atom. The molecule has 1 amide bonds. The molecule has 0 aromatic rings. The molecule has 622 valence electrons. The van der Waals surface area contributed by atoms with Crippen LogP contribution < -0.4 is 5.32 Å². The van der Waals surface area contributed by atoms with Crippen molar-refractivity contribution in [2.45, 2.75) is 407 Å².